The van der Waals surface area contributed by atoms with Crippen LogP contribution in [-0.4, -0.2) is 30.3 Å². The van der Waals surface area contributed by atoms with E-state index in [-0.39, 0.29) is 48.5 Å². The van der Waals surface area contributed by atoms with E-state index in [9.17, 15) is 14.4 Å². The Bertz CT molecular complexity index is 612. The molecule has 2 fully saturated rings. The van der Waals surface area contributed by atoms with E-state index in [1.165, 1.54) is 0 Å². The fraction of sp³-hybridized carbons (Fsp3) is 0.471. The van der Waals surface area contributed by atoms with Crippen LogP contribution in [0.4, 0.5) is 5.69 Å². The molecule has 2 aliphatic heterocycles. The van der Waals surface area contributed by atoms with Crippen molar-refractivity contribution in [3.63, 3.8) is 0 Å². The van der Waals surface area contributed by atoms with E-state index in [4.69, 9.17) is 0 Å². The van der Waals surface area contributed by atoms with Crippen LogP contribution in [0, 0.1) is 5.92 Å². The Morgan fingerprint density at radius 1 is 1.21 bits per heavy atom. The van der Waals surface area contributed by atoms with Crippen LogP contribution in [0.3, 0.4) is 0 Å². The lowest BCUT2D eigenvalue weighted by Gasteiger charge is -2.11. The summed E-state index contributed by atoms with van der Waals surface area (Å²) in [4.78, 5) is 34.7. The van der Waals surface area contributed by atoms with Crippen LogP contribution in [0.1, 0.15) is 31.2 Å². The standard InChI is InChI=1S/C17H21N3O3.ClH/c21-15-9-12(17(23)20-15)8-11-3-5-13(6-4-11)19-16(22)10-14-2-1-7-18-14;/h3-6,12,14,18H,1-2,7-10H2,(H,19,22)(H,20,21,23);1H. The van der Waals surface area contributed by atoms with Gasteiger partial charge in [0.05, 0.1) is 5.92 Å². The largest absolute Gasteiger partial charge is 0.326 e. The van der Waals surface area contributed by atoms with E-state index in [0.717, 1.165) is 30.6 Å². The number of anilines is 1. The van der Waals surface area contributed by atoms with Crippen LogP contribution < -0.4 is 16.0 Å². The fourth-order valence-corrected chi connectivity index (χ4v) is 3.15. The lowest BCUT2D eigenvalue weighted by Crippen LogP contribution is -2.27. The number of carbonyl (C=O) groups is 3. The number of carbonyl (C=O) groups excluding carboxylic acids is 3. The molecule has 0 aliphatic carbocycles. The highest BCUT2D eigenvalue weighted by Gasteiger charge is 2.30. The minimum Gasteiger partial charge on any atom is -0.326 e. The van der Waals surface area contributed by atoms with Gasteiger partial charge in [0.15, 0.2) is 0 Å². The van der Waals surface area contributed by atoms with Crippen molar-refractivity contribution in [2.75, 3.05) is 11.9 Å². The van der Waals surface area contributed by atoms with E-state index in [1.807, 2.05) is 24.3 Å². The minimum absolute atomic E-state index is 0. The third kappa shape index (κ3) is 4.79. The molecule has 0 spiro atoms. The number of halogens is 1. The molecule has 2 heterocycles. The van der Waals surface area contributed by atoms with Crippen molar-refractivity contribution in [2.24, 2.45) is 5.92 Å². The Labute approximate surface area is 147 Å². The molecule has 2 unspecified atom stereocenters. The zero-order valence-corrected chi connectivity index (χ0v) is 14.2. The van der Waals surface area contributed by atoms with Crippen molar-refractivity contribution in [3.8, 4) is 0 Å². The Balaban J connectivity index is 0.00000208. The summed E-state index contributed by atoms with van der Waals surface area (Å²) in [7, 11) is 0. The van der Waals surface area contributed by atoms with Gasteiger partial charge in [-0.3, -0.25) is 19.7 Å². The number of rotatable bonds is 5. The van der Waals surface area contributed by atoms with E-state index >= 15 is 0 Å². The maximum Gasteiger partial charge on any atom is 0.230 e. The van der Waals surface area contributed by atoms with Crippen LogP contribution in [-0.2, 0) is 20.8 Å². The van der Waals surface area contributed by atoms with Crippen LogP contribution in [0.25, 0.3) is 0 Å². The molecule has 6 nitrogen and oxygen atoms in total. The first-order chi connectivity index (χ1) is 11.1. The van der Waals surface area contributed by atoms with E-state index in [0.29, 0.717) is 12.8 Å². The lowest BCUT2D eigenvalue weighted by atomic mass is 9.98. The first kappa shape index (κ1) is 18.4. The summed E-state index contributed by atoms with van der Waals surface area (Å²) in [5.74, 6) is -0.671. The first-order valence-corrected chi connectivity index (χ1v) is 8.06. The van der Waals surface area contributed by atoms with Crippen LogP contribution in [0.15, 0.2) is 24.3 Å². The van der Waals surface area contributed by atoms with Gasteiger partial charge in [-0.05, 0) is 43.5 Å². The van der Waals surface area contributed by atoms with Gasteiger partial charge in [0.2, 0.25) is 17.7 Å². The number of nitrogens with one attached hydrogen (secondary N) is 3. The summed E-state index contributed by atoms with van der Waals surface area (Å²) in [6, 6.07) is 7.74. The second-order valence-electron chi connectivity index (χ2n) is 6.26. The third-order valence-corrected chi connectivity index (χ3v) is 4.38. The summed E-state index contributed by atoms with van der Waals surface area (Å²) in [5.41, 5.74) is 1.74. The maximum absolute atomic E-state index is 12.0. The molecular formula is C17H22ClN3O3. The molecule has 3 amide bonds. The van der Waals surface area contributed by atoms with Crippen molar-refractivity contribution in [1.82, 2.24) is 10.6 Å². The lowest BCUT2D eigenvalue weighted by molar-refractivity contribution is -0.125. The highest BCUT2D eigenvalue weighted by molar-refractivity contribution is 6.03. The summed E-state index contributed by atoms with van der Waals surface area (Å²) >= 11 is 0. The highest BCUT2D eigenvalue weighted by Crippen LogP contribution is 2.19. The third-order valence-electron chi connectivity index (χ3n) is 4.38. The Kier molecular flexibility index (Phi) is 6.34. The van der Waals surface area contributed by atoms with E-state index in [2.05, 4.69) is 16.0 Å². The van der Waals surface area contributed by atoms with Crippen molar-refractivity contribution in [1.29, 1.82) is 0 Å². The van der Waals surface area contributed by atoms with Crippen LogP contribution in [0.2, 0.25) is 0 Å². The first-order valence-electron chi connectivity index (χ1n) is 8.06. The number of benzene rings is 1. The average Bonchev–Trinajstić information content (AvgIpc) is 3.11. The normalized spacial score (nSPS) is 22.8. The molecule has 2 saturated heterocycles. The Hall–Kier alpha value is -1.92. The predicted octanol–water partition coefficient (Wildman–Crippen LogP) is 1.39. The van der Waals surface area contributed by atoms with Gasteiger partial charge >= 0.3 is 0 Å². The number of imide groups is 1. The van der Waals surface area contributed by atoms with Gasteiger partial charge in [0.25, 0.3) is 0 Å². The molecule has 3 N–H and O–H groups in total. The SMILES string of the molecule is Cl.O=C1CC(Cc2ccc(NC(=O)CC3CCCN3)cc2)C(=O)N1. The molecule has 1 aromatic carbocycles. The van der Waals surface area contributed by atoms with Gasteiger partial charge in [-0.25, -0.2) is 0 Å². The van der Waals surface area contributed by atoms with Gasteiger partial charge < -0.3 is 10.6 Å². The second-order valence-corrected chi connectivity index (χ2v) is 6.26. The average molecular weight is 352 g/mol. The second kappa shape index (κ2) is 8.26. The molecule has 1 aromatic rings. The smallest absolute Gasteiger partial charge is 0.230 e. The summed E-state index contributed by atoms with van der Waals surface area (Å²) in [5, 5.41) is 8.52. The summed E-state index contributed by atoms with van der Waals surface area (Å²) in [6.45, 7) is 0.990. The molecular weight excluding hydrogens is 330 g/mol. The van der Waals surface area contributed by atoms with Crippen molar-refractivity contribution < 1.29 is 14.4 Å². The summed E-state index contributed by atoms with van der Waals surface area (Å²) in [6.07, 6.45) is 3.47. The quantitative estimate of drug-likeness (QED) is 0.700. The molecule has 2 aliphatic rings. The molecule has 0 saturated carbocycles. The van der Waals surface area contributed by atoms with Crippen molar-refractivity contribution >= 4 is 35.8 Å². The predicted molar refractivity (Wildman–Crippen MR) is 92.9 cm³/mol. The van der Waals surface area contributed by atoms with Crippen molar-refractivity contribution in [2.45, 2.75) is 38.1 Å². The van der Waals surface area contributed by atoms with E-state index < -0.39 is 0 Å². The zero-order valence-electron chi connectivity index (χ0n) is 13.3. The van der Waals surface area contributed by atoms with Crippen molar-refractivity contribution in [3.05, 3.63) is 29.8 Å². The number of hydrogen-bond donors (Lipinski definition) is 3. The molecule has 0 aromatic heterocycles. The van der Waals surface area contributed by atoms with Crippen LogP contribution >= 0.6 is 12.4 Å². The fourth-order valence-electron chi connectivity index (χ4n) is 3.15. The van der Waals surface area contributed by atoms with Gasteiger partial charge in [0, 0.05) is 24.6 Å². The molecule has 0 bridgehead atoms. The van der Waals surface area contributed by atoms with Gasteiger partial charge in [-0.1, -0.05) is 12.1 Å². The topological polar surface area (TPSA) is 87.3 Å². The maximum atomic E-state index is 12.0. The monoisotopic (exact) mass is 351 g/mol. The minimum atomic E-state index is -0.281. The molecule has 2 atom stereocenters. The molecule has 24 heavy (non-hydrogen) atoms. The van der Waals surface area contributed by atoms with Gasteiger partial charge in [-0.2, -0.15) is 0 Å². The Morgan fingerprint density at radius 2 is 1.96 bits per heavy atom. The molecule has 130 valence electrons. The molecule has 3 rings (SSSR count). The molecule has 0 radical (unpaired) electrons. The number of amides is 3. The molecule has 7 heteroatoms. The van der Waals surface area contributed by atoms with Crippen LogP contribution in [0.5, 0.6) is 0 Å². The Morgan fingerprint density at radius 3 is 2.54 bits per heavy atom. The summed E-state index contributed by atoms with van der Waals surface area (Å²) < 4.78 is 0. The highest BCUT2D eigenvalue weighted by atomic mass is 35.5. The van der Waals surface area contributed by atoms with Gasteiger partial charge in [-0.15, -0.1) is 12.4 Å². The number of hydrogen-bond acceptors (Lipinski definition) is 4. The van der Waals surface area contributed by atoms with E-state index in [1.54, 1.807) is 0 Å². The zero-order chi connectivity index (χ0) is 16.2. The van der Waals surface area contributed by atoms with Gasteiger partial charge in [0.1, 0.15) is 0 Å².